The van der Waals surface area contributed by atoms with E-state index in [2.05, 4.69) is 5.32 Å². The summed E-state index contributed by atoms with van der Waals surface area (Å²) in [5.74, 6) is -0.643. The standard InChI is InChI=1S/C17H20N2O4S/c1-4-23-17(22)15-11(2)12(3)24-16(15)18-14(21)7-9-19-8-5-6-13(19)10-20/h5-6,8,10H,4,7,9H2,1-3H3,(H,18,21). The number of nitrogens with zero attached hydrogens (tertiary/aromatic N) is 1. The maximum Gasteiger partial charge on any atom is 0.341 e. The van der Waals surface area contributed by atoms with Crippen molar-refractivity contribution in [3.8, 4) is 0 Å². The number of aryl methyl sites for hydroxylation is 2. The van der Waals surface area contributed by atoms with E-state index in [1.807, 2.05) is 13.8 Å². The summed E-state index contributed by atoms with van der Waals surface area (Å²) >= 11 is 1.36. The van der Waals surface area contributed by atoms with Gasteiger partial charge < -0.3 is 14.6 Å². The Morgan fingerprint density at radius 1 is 1.38 bits per heavy atom. The Morgan fingerprint density at radius 2 is 2.12 bits per heavy atom. The molecule has 0 fully saturated rings. The molecule has 1 amide bonds. The molecule has 0 saturated carbocycles. The van der Waals surface area contributed by atoms with E-state index in [4.69, 9.17) is 4.74 Å². The van der Waals surface area contributed by atoms with Crippen LogP contribution in [0.25, 0.3) is 0 Å². The molecule has 2 heterocycles. The second kappa shape index (κ2) is 7.92. The Morgan fingerprint density at radius 3 is 2.79 bits per heavy atom. The van der Waals surface area contributed by atoms with E-state index >= 15 is 0 Å². The van der Waals surface area contributed by atoms with Crippen LogP contribution in [0.15, 0.2) is 18.3 Å². The molecule has 2 aromatic rings. The van der Waals surface area contributed by atoms with E-state index in [0.29, 0.717) is 22.8 Å². The lowest BCUT2D eigenvalue weighted by Gasteiger charge is -2.08. The average Bonchev–Trinajstić information content (AvgIpc) is 3.10. The van der Waals surface area contributed by atoms with Gasteiger partial charge in [0.25, 0.3) is 0 Å². The molecule has 0 spiro atoms. The summed E-state index contributed by atoms with van der Waals surface area (Å²) < 4.78 is 6.78. The molecular weight excluding hydrogens is 328 g/mol. The number of hydrogen-bond donors (Lipinski definition) is 1. The smallest absolute Gasteiger partial charge is 0.341 e. The molecule has 2 aromatic heterocycles. The number of carbonyl (C=O) groups excluding carboxylic acids is 3. The Labute approximate surface area is 144 Å². The van der Waals surface area contributed by atoms with Crippen LogP contribution >= 0.6 is 11.3 Å². The number of esters is 1. The molecule has 2 rings (SSSR count). The number of aromatic nitrogens is 1. The van der Waals surface area contributed by atoms with Gasteiger partial charge in [0.1, 0.15) is 5.00 Å². The normalized spacial score (nSPS) is 10.5. The number of hydrogen-bond acceptors (Lipinski definition) is 5. The van der Waals surface area contributed by atoms with Crippen molar-refractivity contribution in [2.24, 2.45) is 0 Å². The third kappa shape index (κ3) is 3.91. The molecule has 0 aliphatic carbocycles. The molecule has 0 aromatic carbocycles. The molecule has 0 atom stereocenters. The highest BCUT2D eigenvalue weighted by molar-refractivity contribution is 7.16. The second-order valence-corrected chi connectivity index (χ2v) is 6.48. The zero-order chi connectivity index (χ0) is 17.7. The molecule has 6 nitrogen and oxygen atoms in total. The van der Waals surface area contributed by atoms with Crippen molar-refractivity contribution in [2.75, 3.05) is 11.9 Å². The molecule has 0 unspecified atom stereocenters. The van der Waals surface area contributed by atoms with Gasteiger partial charge >= 0.3 is 5.97 Å². The summed E-state index contributed by atoms with van der Waals surface area (Å²) in [5, 5.41) is 3.30. The maximum atomic E-state index is 12.2. The van der Waals surface area contributed by atoms with E-state index in [1.54, 1.807) is 29.8 Å². The van der Waals surface area contributed by atoms with Gasteiger partial charge in [-0.15, -0.1) is 11.3 Å². The van der Waals surface area contributed by atoms with Crippen LogP contribution in [-0.2, 0) is 16.1 Å². The summed E-state index contributed by atoms with van der Waals surface area (Å²) in [7, 11) is 0. The first-order chi connectivity index (χ1) is 11.5. The van der Waals surface area contributed by atoms with Gasteiger partial charge in [0.05, 0.1) is 17.9 Å². The van der Waals surface area contributed by atoms with Crippen molar-refractivity contribution in [3.05, 3.63) is 40.0 Å². The molecule has 1 N–H and O–H groups in total. The fourth-order valence-electron chi connectivity index (χ4n) is 2.31. The molecular formula is C17H20N2O4S. The Balaban J connectivity index is 2.07. The van der Waals surface area contributed by atoms with Crippen LogP contribution in [0, 0.1) is 13.8 Å². The zero-order valence-corrected chi connectivity index (χ0v) is 14.7. The van der Waals surface area contributed by atoms with Crippen molar-refractivity contribution in [3.63, 3.8) is 0 Å². The van der Waals surface area contributed by atoms with Crippen LogP contribution in [0.3, 0.4) is 0 Å². The van der Waals surface area contributed by atoms with E-state index in [0.717, 1.165) is 16.7 Å². The van der Waals surface area contributed by atoms with Crippen LogP contribution in [-0.4, -0.2) is 29.3 Å². The molecule has 7 heteroatoms. The van der Waals surface area contributed by atoms with E-state index in [-0.39, 0.29) is 18.9 Å². The topological polar surface area (TPSA) is 77.4 Å². The fourth-order valence-corrected chi connectivity index (χ4v) is 3.38. The van der Waals surface area contributed by atoms with Crippen LogP contribution in [0.5, 0.6) is 0 Å². The molecule has 0 saturated heterocycles. The summed E-state index contributed by atoms with van der Waals surface area (Å²) in [6, 6.07) is 3.45. The predicted octanol–water partition coefficient (Wildman–Crippen LogP) is 3.18. The van der Waals surface area contributed by atoms with Gasteiger partial charge in [0.15, 0.2) is 6.29 Å². The third-order valence-corrected chi connectivity index (χ3v) is 4.81. The number of aldehydes is 1. The molecule has 0 bridgehead atoms. The van der Waals surface area contributed by atoms with Gasteiger partial charge in [-0.3, -0.25) is 9.59 Å². The number of anilines is 1. The average molecular weight is 348 g/mol. The number of nitrogens with one attached hydrogen (secondary N) is 1. The quantitative estimate of drug-likeness (QED) is 0.616. The SMILES string of the molecule is CCOC(=O)c1c(NC(=O)CCn2cccc2C=O)sc(C)c1C. The predicted molar refractivity (Wildman–Crippen MR) is 92.8 cm³/mol. The number of amides is 1. The monoisotopic (exact) mass is 348 g/mol. The highest BCUT2D eigenvalue weighted by atomic mass is 32.1. The highest BCUT2D eigenvalue weighted by Gasteiger charge is 2.21. The summed E-state index contributed by atoms with van der Waals surface area (Å²) in [6.07, 6.45) is 2.71. The van der Waals surface area contributed by atoms with Crippen molar-refractivity contribution < 1.29 is 19.1 Å². The van der Waals surface area contributed by atoms with Gasteiger partial charge in [-0.05, 0) is 38.5 Å². The second-order valence-electron chi connectivity index (χ2n) is 5.25. The van der Waals surface area contributed by atoms with Crippen molar-refractivity contribution in [2.45, 2.75) is 33.7 Å². The van der Waals surface area contributed by atoms with E-state index in [9.17, 15) is 14.4 Å². The first kappa shape index (κ1) is 17.9. The number of rotatable bonds is 7. The molecule has 0 aliphatic rings. The zero-order valence-electron chi connectivity index (χ0n) is 13.9. The summed E-state index contributed by atoms with van der Waals surface area (Å²) in [5.41, 5.74) is 1.77. The van der Waals surface area contributed by atoms with Crippen LogP contribution in [0.2, 0.25) is 0 Å². The number of thiophene rings is 1. The van der Waals surface area contributed by atoms with Gasteiger partial charge in [-0.2, -0.15) is 0 Å². The first-order valence-corrected chi connectivity index (χ1v) is 8.46. The lowest BCUT2D eigenvalue weighted by molar-refractivity contribution is -0.116. The Kier molecular flexibility index (Phi) is 5.92. The van der Waals surface area contributed by atoms with Crippen LogP contribution in [0.4, 0.5) is 5.00 Å². The Bertz CT molecular complexity index is 761. The number of ether oxygens (including phenoxy) is 1. The van der Waals surface area contributed by atoms with E-state index < -0.39 is 5.97 Å². The Hall–Kier alpha value is -2.41. The maximum absolute atomic E-state index is 12.2. The molecule has 0 aliphatic heterocycles. The molecule has 0 radical (unpaired) electrons. The minimum absolute atomic E-state index is 0.202. The van der Waals surface area contributed by atoms with Crippen molar-refractivity contribution in [1.82, 2.24) is 4.57 Å². The van der Waals surface area contributed by atoms with Crippen LogP contribution < -0.4 is 5.32 Å². The molecule has 128 valence electrons. The highest BCUT2D eigenvalue weighted by Crippen LogP contribution is 2.33. The fraction of sp³-hybridized carbons (Fsp3) is 0.353. The lowest BCUT2D eigenvalue weighted by Crippen LogP contribution is -2.16. The van der Waals surface area contributed by atoms with Gasteiger partial charge in [0, 0.05) is 24.0 Å². The minimum Gasteiger partial charge on any atom is -0.462 e. The van der Waals surface area contributed by atoms with Gasteiger partial charge in [-0.25, -0.2) is 4.79 Å². The third-order valence-electron chi connectivity index (χ3n) is 3.68. The van der Waals surface area contributed by atoms with Crippen molar-refractivity contribution >= 4 is 34.5 Å². The summed E-state index contributed by atoms with van der Waals surface area (Å²) in [6.45, 7) is 6.15. The van der Waals surface area contributed by atoms with Gasteiger partial charge in [0.2, 0.25) is 5.91 Å². The van der Waals surface area contributed by atoms with Crippen molar-refractivity contribution in [1.29, 1.82) is 0 Å². The lowest BCUT2D eigenvalue weighted by atomic mass is 10.1. The number of carbonyl (C=O) groups is 3. The first-order valence-electron chi connectivity index (χ1n) is 7.65. The summed E-state index contributed by atoms with van der Waals surface area (Å²) in [4.78, 5) is 36.1. The largest absolute Gasteiger partial charge is 0.462 e. The van der Waals surface area contributed by atoms with Crippen LogP contribution in [0.1, 0.15) is 44.6 Å². The van der Waals surface area contributed by atoms with Gasteiger partial charge in [-0.1, -0.05) is 0 Å². The van der Waals surface area contributed by atoms with E-state index in [1.165, 1.54) is 11.3 Å². The minimum atomic E-state index is -0.427. The molecule has 24 heavy (non-hydrogen) atoms.